The molecule has 0 aromatic rings. The van der Waals surface area contributed by atoms with Crippen LogP contribution in [-0.2, 0) is 0 Å². The summed E-state index contributed by atoms with van der Waals surface area (Å²) < 4.78 is 13.0. The molecule has 82 valence electrons. The van der Waals surface area contributed by atoms with Crippen molar-refractivity contribution >= 4 is 0 Å². The van der Waals surface area contributed by atoms with Crippen molar-refractivity contribution in [2.24, 2.45) is 0 Å². The minimum absolute atomic E-state index is 0.698. The highest BCUT2D eigenvalue weighted by molar-refractivity contribution is 4.80. The van der Waals surface area contributed by atoms with Crippen LogP contribution in [-0.4, -0.2) is 30.7 Å². The van der Waals surface area contributed by atoms with Gasteiger partial charge in [-0.2, -0.15) is 0 Å². The predicted molar refractivity (Wildman–Crippen MR) is 58.9 cm³/mol. The molecule has 1 saturated heterocycles. The van der Waals surface area contributed by atoms with Crippen LogP contribution in [0.4, 0.5) is 4.39 Å². The van der Waals surface area contributed by atoms with E-state index in [0.717, 1.165) is 13.1 Å². The van der Waals surface area contributed by atoms with Crippen LogP contribution in [0, 0.1) is 0 Å². The molecular formula is C11H26FN. The number of alkyl halides is 1. The summed E-state index contributed by atoms with van der Waals surface area (Å²) in [5.41, 5.74) is -0.882. The molecule has 0 radical (unpaired) electrons. The van der Waals surface area contributed by atoms with Gasteiger partial charge in [0.15, 0.2) is 0 Å². The smallest absolute Gasteiger partial charge is 0.110 e. The summed E-state index contributed by atoms with van der Waals surface area (Å²) in [7, 11) is 2.04. The molecule has 1 aliphatic rings. The van der Waals surface area contributed by atoms with Crippen molar-refractivity contribution in [3.8, 4) is 0 Å². The number of likely N-dealkylation sites (tertiary alicyclic amines) is 1. The maximum absolute atomic E-state index is 13.0. The van der Waals surface area contributed by atoms with Crippen LogP contribution in [0.2, 0.25) is 0 Å². The molecule has 0 N–H and O–H groups in total. The monoisotopic (exact) mass is 191 g/mol. The Morgan fingerprint density at radius 1 is 1.00 bits per heavy atom. The Morgan fingerprint density at radius 2 is 1.31 bits per heavy atom. The third kappa shape index (κ3) is 8.23. The molecule has 1 nitrogen and oxygen atoms in total. The Balaban J connectivity index is 0. The quantitative estimate of drug-likeness (QED) is 0.566. The molecule has 0 amide bonds. The first-order chi connectivity index (χ1) is 6.10. The lowest BCUT2D eigenvalue weighted by atomic mass is 9.96. The normalized spacial score (nSPS) is 20.5. The standard InChI is InChI=1S/C7H14FN.2C2H6/c1-7(8)3-5-9(2)6-4-7;2*1-2/h3-6H2,1-2H3;2*1-2H3. The fourth-order valence-corrected chi connectivity index (χ4v) is 1.08. The highest BCUT2D eigenvalue weighted by atomic mass is 19.1. The topological polar surface area (TPSA) is 3.24 Å². The van der Waals surface area contributed by atoms with Gasteiger partial charge in [-0.05, 0) is 26.8 Å². The molecule has 2 heteroatoms. The summed E-state index contributed by atoms with van der Waals surface area (Å²) >= 11 is 0. The molecule has 0 bridgehead atoms. The number of nitrogens with zero attached hydrogens (tertiary/aromatic N) is 1. The molecule has 0 spiro atoms. The van der Waals surface area contributed by atoms with Gasteiger partial charge in [-0.15, -0.1) is 0 Å². The third-order valence-electron chi connectivity index (χ3n) is 2.03. The van der Waals surface area contributed by atoms with Gasteiger partial charge in [0.1, 0.15) is 5.67 Å². The van der Waals surface area contributed by atoms with Crippen LogP contribution in [0.3, 0.4) is 0 Å². The minimum atomic E-state index is -0.882. The SMILES string of the molecule is CC.CC.CN1CCC(C)(F)CC1. The lowest BCUT2D eigenvalue weighted by Crippen LogP contribution is -2.37. The van der Waals surface area contributed by atoms with Gasteiger partial charge in [0.2, 0.25) is 0 Å². The predicted octanol–water partition coefficient (Wildman–Crippen LogP) is 3.49. The summed E-state index contributed by atoms with van der Waals surface area (Å²) in [4.78, 5) is 2.17. The second-order valence-corrected chi connectivity index (χ2v) is 3.22. The van der Waals surface area contributed by atoms with Gasteiger partial charge in [0.05, 0.1) is 0 Å². The first kappa shape index (κ1) is 15.4. The van der Waals surface area contributed by atoms with E-state index in [1.54, 1.807) is 6.92 Å². The Hall–Kier alpha value is -0.110. The van der Waals surface area contributed by atoms with E-state index < -0.39 is 5.67 Å². The van der Waals surface area contributed by atoms with Crippen molar-refractivity contribution in [3.63, 3.8) is 0 Å². The van der Waals surface area contributed by atoms with Crippen LogP contribution in [0.1, 0.15) is 47.5 Å². The maximum Gasteiger partial charge on any atom is 0.110 e. The summed E-state index contributed by atoms with van der Waals surface area (Å²) in [5.74, 6) is 0. The van der Waals surface area contributed by atoms with Crippen molar-refractivity contribution in [1.29, 1.82) is 0 Å². The number of rotatable bonds is 0. The van der Waals surface area contributed by atoms with Gasteiger partial charge in [-0.1, -0.05) is 27.7 Å². The van der Waals surface area contributed by atoms with Gasteiger partial charge in [-0.3, -0.25) is 0 Å². The molecule has 0 aromatic carbocycles. The molecular weight excluding hydrogens is 165 g/mol. The molecule has 0 unspecified atom stereocenters. The Morgan fingerprint density at radius 3 is 1.54 bits per heavy atom. The van der Waals surface area contributed by atoms with E-state index in [1.165, 1.54) is 0 Å². The number of piperidine rings is 1. The Kier molecular flexibility index (Phi) is 10.0. The maximum atomic E-state index is 13.0. The Bertz CT molecular complexity index is 92.3. The van der Waals surface area contributed by atoms with Gasteiger partial charge in [-0.25, -0.2) is 4.39 Å². The average molecular weight is 191 g/mol. The lowest BCUT2D eigenvalue weighted by Gasteiger charge is -2.31. The molecule has 0 aromatic heterocycles. The molecule has 0 saturated carbocycles. The molecule has 0 atom stereocenters. The van der Waals surface area contributed by atoms with E-state index in [4.69, 9.17) is 0 Å². The molecule has 1 fully saturated rings. The van der Waals surface area contributed by atoms with Crippen molar-refractivity contribution in [2.45, 2.75) is 53.1 Å². The van der Waals surface area contributed by atoms with E-state index in [-0.39, 0.29) is 0 Å². The van der Waals surface area contributed by atoms with Crippen LogP contribution < -0.4 is 0 Å². The molecule has 1 rings (SSSR count). The highest BCUT2D eigenvalue weighted by Crippen LogP contribution is 2.24. The number of hydrogen-bond acceptors (Lipinski definition) is 1. The van der Waals surface area contributed by atoms with Crippen molar-refractivity contribution in [3.05, 3.63) is 0 Å². The summed E-state index contributed by atoms with van der Waals surface area (Å²) in [6, 6.07) is 0. The van der Waals surface area contributed by atoms with Crippen LogP contribution in [0.5, 0.6) is 0 Å². The van der Waals surface area contributed by atoms with Crippen molar-refractivity contribution in [1.82, 2.24) is 4.90 Å². The second-order valence-electron chi connectivity index (χ2n) is 3.22. The molecule has 0 aliphatic carbocycles. The zero-order valence-corrected chi connectivity index (χ0v) is 10.2. The van der Waals surface area contributed by atoms with E-state index in [2.05, 4.69) is 4.90 Å². The second kappa shape index (κ2) is 8.49. The van der Waals surface area contributed by atoms with Crippen molar-refractivity contribution in [2.75, 3.05) is 20.1 Å². The van der Waals surface area contributed by atoms with E-state index >= 15 is 0 Å². The number of halogens is 1. The van der Waals surface area contributed by atoms with Gasteiger partial charge >= 0.3 is 0 Å². The largest absolute Gasteiger partial charge is 0.306 e. The van der Waals surface area contributed by atoms with E-state index in [1.807, 2.05) is 34.7 Å². The van der Waals surface area contributed by atoms with Crippen LogP contribution >= 0.6 is 0 Å². The van der Waals surface area contributed by atoms with Gasteiger partial charge < -0.3 is 4.90 Å². The lowest BCUT2D eigenvalue weighted by molar-refractivity contribution is 0.0870. The molecule has 1 heterocycles. The first-order valence-corrected chi connectivity index (χ1v) is 5.48. The summed E-state index contributed by atoms with van der Waals surface area (Å²) in [6.45, 7) is 11.5. The zero-order valence-electron chi connectivity index (χ0n) is 10.2. The van der Waals surface area contributed by atoms with Crippen molar-refractivity contribution < 1.29 is 4.39 Å². The third-order valence-corrected chi connectivity index (χ3v) is 2.03. The molecule has 1 aliphatic heterocycles. The summed E-state index contributed by atoms with van der Waals surface area (Å²) in [5, 5.41) is 0. The van der Waals surface area contributed by atoms with Crippen LogP contribution in [0.25, 0.3) is 0 Å². The number of hydrogen-bond donors (Lipinski definition) is 0. The Labute approximate surface area is 83.3 Å². The van der Waals surface area contributed by atoms with Gasteiger partial charge in [0.25, 0.3) is 0 Å². The molecule has 13 heavy (non-hydrogen) atoms. The van der Waals surface area contributed by atoms with E-state index in [9.17, 15) is 4.39 Å². The average Bonchev–Trinajstić information content (AvgIpc) is 2.17. The summed E-state index contributed by atoms with van der Waals surface area (Å²) in [6.07, 6.45) is 1.40. The minimum Gasteiger partial charge on any atom is -0.306 e. The van der Waals surface area contributed by atoms with Gasteiger partial charge in [0, 0.05) is 13.1 Å². The first-order valence-electron chi connectivity index (χ1n) is 5.48. The van der Waals surface area contributed by atoms with Crippen LogP contribution in [0.15, 0.2) is 0 Å². The van der Waals surface area contributed by atoms with E-state index in [0.29, 0.717) is 12.8 Å². The fourth-order valence-electron chi connectivity index (χ4n) is 1.08. The zero-order chi connectivity index (χ0) is 10.9. The fraction of sp³-hybridized carbons (Fsp3) is 1.00. The highest BCUT2D eigenvalue weighted by Gasteiger charge is 2.27.